The summed E-state index contributed by atoms with van der Waals surface area (Å²) in [4.78, 5) is 15.4. The molecule has 2 rings (SSSR count). The summed E-state index contributed by atoms with van der Waals surface area (Å²) in [5, 5.41) is 0. The van der Waals surface area contributed by atoms with Crippen molar-refractivity contribution in [1.82, 2.24) is 4.90 Å². The molecule has 0 N–H and O–H groups in total. The molecule has 0 bridgehead atoms. The van der Waals surface area contributed by atoms with E-state index in [0.717, 1.165) is 37.2 Å². The van der Waals surface area contributed by atoms with E-state index in [9.17, 15) is 4.79 Å². The molecule has 2 aliphatic rings. The lowest BCUT2D eigenvalue weighted by Gasteiger charge is -2.43. The van der Waals surface area contributed by atoms with Gasteiger partial charge >= 0.3 is 0 Å². The molecule has 0 aliphatic heterocycles. The molecule has 0 heterocycles. The predicted octanol–water partition coefficient (Wildman–Crippen LogP) is 4.35. The molecule has 0 spiro atoms. The summed E-state index contributed by atoms with van der Waals surface area (Å²) in [6.07, 6.45) is 13.9. The zero-order chi connectivity index (χ0) is 14.6. The van der Waals surface area contributed by atoms with Crippen molar-refractivity contribution in [1.29, 1.82) is 0 Å². The van der Waals surface area contributed by atoms with E-state index in [1.807, 2.05) is 0 Å². The van der Waals surface area contributed by atoms with Crippen LogP contribution in [0.1, 0.15) is 71.1 Å². The maximum atomic E-state index is 13.2. The van der Waals surface area contributed by atoms with E-state index >= 15 is 0 Å². The van der Waals surface area contributed by atoms with Gasteiger partial charge < -0.3 is 0 Å². The van der Waals surface area contributed by atoms with E-state index < -0.39 is 0 Å². The summed E-state index contributed by atoms with van der Waals surface area (Å²) in [6, 6.07) is 0. The molecule has 2 heteroatoms. The van der Waals surface area contributed by atoms with Crippen LogP contribution >= 0.6 is 0 Å². The standard InChI is InChI=1S/C18H31NO/c1-15-11-13-18(14-12-15,19(2)3)17(20)16-9-7-5-4-6-8-10-16/h9,15H,4-8,10-14H2,1-3H3. The first-order chi connectivity index (χ1) is 9.56. The van der Waals surface area contributed by atoms with Crippen LogP contribution in [0.2, 0.25) is 0 Å². The lowest BCUT2D eigenvalue weighted by atomic mass is 9.71. The van der Waals surface area contributed by atoms with Crippen LogP contribution < -0.4 is 0 Å². The minimum absolute atomic E-state index is 0.211. The number of hydrogen-bond donors (Lipinski definition) is 0. The molecule has 114 valence electrons. The average Bonchev–Trinajstić information content (AvgIpc) is 2.38. The smallest absolute Gasteiger partial charge is 0.178 e. The van der Waals surface area contributed by atoms with Crippen LogP contribution in [0.15, 0.2) is 11.6 Å². The van der Waals surface area contributed by atoms with E-state index in [2.05, 4.69) is 32.0 Å². The Hall–Kier alpha value is -0.630. The lowest BCUT2D eigenvalue weighted by molar-refractivity contribution is -0.128. The average molecular weight is 277 g/mol. The molecule has 0 unspecified atom stereocenters. The van der Waals surface area contributed by atoms with Crippen LogP contribution in [0, 0.1) is 5.92 Å². The number of nitrogens with zero attached hydrogens (tertiary/aromatic N) is 1. The van der Waals surface area contributed by atoms with Crippen LogP contribution in [0.4, 0.5) is 0 Å². The molecule has 0 saturated heterocycles. The third-order valence-electron chi connectivity index (χ3n) is 5.46. The highest BCUT2D eigenvalue weighted by Crippen LogP contribution is 2.38. The topological polar surface area (TPSA) is 20.3 Å². The monoisotopic (exact) mass is 277 g/mol. The molecule has 1 fully saturated rings. The zero-order valence-corrected chi connectivity index (χ0v) is 13.6. The third-order valence-corrected chi connectivity index (χ3v) is 5.46. The maximum Gasteiger partial charge on any atom is 0.178 e. The fraction of sp³-hybridized carbons (Fsp3) is 0.833. The van der Waals surface area contributed by atoms with Crippen molar-refractivity contribution < 1.29 is 4.79 Å². The largest absolute Gasteiger partial charge is 0.297 e. The summed E-state index contributed by atoms with van der Waals surface area (Å²) < 4.78 is 0. The number of likely N-dealkylation sites (N-methyl/N-ethyl adjacent to an activating group) is 1. The fourth-order valence-electron chi connectivity index (χ4n) is 3.81. The first-order valence-corrected chi connectivity index (χ1v) is 8.47. The highest BCUT2D eigenvalue weighted by atomic mass is 16.1. The number of allylic oxidation sites excluding steroid dienone is 1. The first kappa shape index (κ1) is 15.8. The van der Waals surface area contributed by atoms with Crippen LogP contribution in [0.5, 0.6) is 0 Å². The molecular formula is C18H31NO. The van der Waals surface area contributed by atoms with Crippen molar-refractivity contribution in [2.45, 2.75) is 76.7 Å². The zero-order valence-electron chi connectivity index (χ0n) is 13.6. The number of hydrogen-bond acceptors (Lipinski definition) is 2. The van der Waals surface area contributed by atoms with E-state index in [4.69, 9.17) is 0 Å². The summed E-state index contributed by atoms with van der Waals surface area (Å²) in [5.74, 6) is 1.22. The first-order valence-electron chi connectivity index (χ1n) is 8.47. The molecular weight excluding hydrogens is 246 g/mol. The summed E-state index contributed by atoms with van der Waals surface area (Å²) in [5.41, 5.74) is 0.922. The van der Waals surface area contributed by atoms with Crippen molar-refractivity contribution in [3.63, 3.8) is 0 Å². The van der Waals surface area contributed by atoms with E-state index in [1.54, 1.807) is 0 Å². The van der Waals surface area contributed by atoms with Crippen molar-refractivity contribution in [3.8, 4) is 0 Å². The van der Waals surface area contributed by atoms with Gasteiger partial charge in [-0.2, -0.15) is 0 Å². The molecule has 20 heavy (non-hydrogen) atoms. The van der Waals surface area contributed by atoms with Gasteiger partial charge in [-0.1, -0.05) is 25.8 Å². The molecule has 0 aromatic rings. The Morgan fingerprint density at radius 2 is 1.80 bits per heavy atom. The van der Waals surface area contributed by atoms with Crippen molar-refractivity contribution in [2.24, 2.45) is 5.92 Å². The molecule has 0 amide bonds. The summed E-state index contributed by atoms with van der Waals surface area (Å²) >= 11 is 0. The Labute approximate surface area is 124 Å². The van der Waals surface area contributed by atoms with Gasteiger partial charge in [0.1, 0.15) is 0 Å². The summed E-state index contributed by atoms with van der Waals surface area (Å²) in [7, 11) is 4.19. The number of ketones is 1. The Kier molecular flexibility index (Phi) is 5.42. The van der Waals surface area contributed by atoms with Crippen molar-refractivity contribution >= 4 is 5.78 Å². The van der Waals surface area contributed by atoms with Gasteiger partial charge in [0, 0.05) is 0 Å². The predicted molar refractivity (Wildman–Crippen MR) is 84.8 cm³/mol. The van der Waals surface area contributed by atoms with Gasteiger partial charge in [0.15, 0.2) is 5.78 Å². The van der Waals surface area contributed by atoms with E-state index in [-0.39, 0.29) is 5.54 Å². The minimum Gasteiger partial charge on any atom is -0.297 e. The summed E-state index contributed by atoms with van der Waals surface area (Å²) in [6.45, 7) is 2.32. The van der Waals surface area contributed by atoms with Gasteiger partial charge in [-0.05, 0) is 77.0 Å². The molecule has 2 aliphatic carbocycles. The fourth-order valence-corrected chi connectivity index (χ4v) is 3.81. The Morgan fingerprint density at radius 3 is 2.45 bits per heavy atom. The van der Waals surface area contributed by atoms with Gasteiger partial charge in [0.05, 0.1) is 5.54 Å². The molecule has 2 nitrogen and oxygen atoms in total. The number of Topliss-reactive ketones (excluding diaryl/α,β-unsaturated/α-hetero) is 1. The van der Waals surface area contributed by atoms with Gasteiger partial charge in [-0.15, -0.1) is 0 Å². The molecule has 0 aromatic carbocycles. The lowest BCUT2D eigenvalue weighted by Crippen LogP contribution is -2.53. The third kappa shape index (κ3) is 3.33. The Morgan fingerprint density at radius 1 is 1.15 bits per heavy atom. The highest BCUT2D eigenvalue weighted by molar-refractivity contribution is 6.02. The normalized spacial score (nSPS) is 32.4. The second-order valence-corrected chi connectivity index (χ2v) is 7.12. The molecule has 0 radical (unpaired) electrons. The van der Waals surface area contributed by atoms with Crippen molar-refractivity contribution in [2.75, 3.05) is 14.1 Å². The van der Waals surface area contributed by atoms with Gasteiger partial charge in [-0.3, -0.25) is 9.69 Å². The van der Waals surface area contributed by atoms with Crippen LogP contribution in [0.3, 0.4) is 0 Å². The number of rotatable bonds is 3. The van der Waals surface area contributed by atoms with E-state index in [0.29, 0.717) is 5.78 Å². The second kappa shape index (κ2) is 6.89. The quantitative estimate of drug-likeness (QED) is 0.764. The molecule has 0 aromatic heterocycles. The van der Waals surface area contributed by atoms with Gasteiger partial charge in [0.25, 0.3) is 0 Å². The van der Waals surface area contributed by atoms with E-state index in [1.165, 1.54) is 38.5 Å². The number of carbonyl (C=O) groups excluding carboxylic acids is 1. The van der Waals surface area contributed by atoms with Gasteiger partial charge in [0.2, 0.25) is 0 Å². The maximum absolute atomic E-state index is 13.2. The highest BCUT2D eigenvalue weighted by Gasteiger charge is 2.43. The SMILES string of the molecule is CC1CCC(C(=O)C2=CCCCCCC2)(N(C)C)CC1. The Bertz CT molecular complexity index is 362. The van der Waals surface area contributed by atoms with Crippen molar-refractivity contribution in [3.05, 3.63) is 11.6 Å². The Balaban J connectivity index is 2.18. The molecule has 1 saturated carbocycles. The van der Waals surface area contributed by atoms with Crippen LogP contribution in [0.25, 0.3) is 0 Å². The molecule has 0 atom stereocenters. The van der Waals surface area contributed by atoms with Gasteiger partial charge in [-0.25, -0.2) is 0 Å². The minimum atomic E-state index is -0.211. The second-order valence-electron chi connectivity index (χ2n) is 7.12. The number of carbonyl (C=O) groups is 1. The van der Waals surface area contributed by atoms with Crippen LogP contribution in [-0.4, -0.2) is 30.3 Å². The van der Waals surface area contributed by atoms with Crippen LogP contribution in [-0.2, 0) is 4.79 Å².